The van der Waals surface area contributed by atoms with Crippen molar-refractivity contribution in [2.75, 3.05) is 0 Å². The van der Waals surface area contributed by atoms with Crippen molar-refractivity contribution < 1.29 is 51.5 Å². The highest BCUT2D eigenvalue weighted by atomic mass is 32.3. The Labute approximate surface area is 275 Å². The van der Waals surface area contributed by atoms with E-state index in [2.05, 4.69) is 47.6 Å². The number of fused-ring (bicyclic) bond motifs is 5. The van der Waals surface area contributed by atoms with Gasteiger partial charge in [-0.2, -0.15) is 25.3 Å². The highest BCUT2D eigenvalue weighted by Crippen LogP contribution is 2.72. The maximum atomic E-state index is 12.2. The molecule has 0 amide bonds. The summed E-state index contributed by atoms with van der Waals surface area (Å²) in [4.78, 5) is 0. The van der Waals surface area contributed by atoms with E-state index >= 15 is 0 Å². The molecule has 0 aliphatic heterocycles. The molecule has 4 fully saturated rings. The zero-order valence-electron chi connectivity index (χ0n) is 27.9. The molecule has 12 atom stereocenters. The van der Waals surface area contributed by atoms with Crippen molar-refractivity contribution in [1.29, 1.82) is 0 Å². The van der Waals surface area contributed by atoms with E-state index in [9.17, 15) is 38.9 Å². The third-order valence-electron chi connectivity index (χ3n) is 14.1. The first-order chi connectivity index (χ1) is 20.9. The van der Waals surface area contributed by atoms with Crippen LogP contribution < -0.4 is 0 Å². The van der Waals surface area contributed by atoms with Crippen LogP contribution in [0.3, 0.4) is 0 Å². The molecular formula is C31H52O12S3. The molecule has 0 aromatic heterocycles. The summed E-state index contributed by atoms with van der Waals surface area (Å²) in [7, 11) is -15.1. The summed E-state index contributed by atoms with van der Waals surface area (Å²) in [5.74, 6) is 1.33. The van der Waals surface area contributed by atoms with Crippen LogP contribution in [0.1, 0.15) is 106 Å². The molecule has 0 saturated heterocycles. The van der Waals surface area contributed by atoms with Crippen molar-refractivity contribution in [3.63, 3.8) is 0 Å². The Hall–Kier alpha value is -0.650. The number of rotatable bonds is 11. The molecule has 266 valence electrons. The SMILES string of the molecule is CC(CCC1(C(C)C)CC1C)[C@H]1CC[C@@]2(C)[C@@H]3C[C@H](OS(=O)(=O)O)[C@H]4C[C@H](OS(=O)(=O)O)[C@@H](OS(=O)(=O)O)C[C@]4(C)C3=CC[C@]12C. The largest absolute Gasteiger partial charge is 0.397 e. The zero-order chi connectivity index (χ0) is 34.5. The van der Waals surface area contributed by atoms with Crippen LogP contribution >= 0.6 is 0 Å². The van der Waals surface area contributed by atoms with E-state index in [1.807, 2.05) is 6.92 Å². The van der Waals surface area contributed by atoms with E-state index in [1.165, 1.54) is 12.8 Å². The summed E-state index contributed by atoms with van der Waals surface area (Å²) in [6.45, 7) is 15.8. The molecule has 0 spiro atoms. The van der Waals surface area contributed by atoms with Gasteiger partial charge < -0.3 is 0 Å². The minimum Gasteiger partial charge on any atom is -0.264 e. The second kappa shape index (κ2) is 11.7. The average Bonchev–Trinajstić information content (AvgIpc) is 3.45. The second-order valence-corrected chi connectivity index (χ2v) is 19.4. The molecule has 5 aliphatic carbocycles. The minimum atomic E-state index is -5.09. The van der Waals surface area contributed by atoms with Gasteiger partial charge in [0.05, 0.1) is 6.10 Å². The van der Waals surface area contributed by atoms with Crippen LogP contribution in [0.15, 0.2) is 11.6 Å². The van der Waals surface area contributed by atoms with Crippen molar-refractivity contribution in [2.45, 2.75) is 125 Å². The van der Waals surface area contributed by atoms with Gasteiger partial charge in [-0.25, -0.2) is 12.5 Å². The fourth-order valence-electron chi connectivity index (χ4n) is 11.3. The zero-order valence-corrected chi connectivity index (χ0v) is 30.3. The van der Waals surface area contributed by atoms with Gasteiger partial charge in [-0.15, -0.1) is 0 Å². The summed E-state index contributed by atoms with van der Waals surface area (Å²) in [5, 5.41) is 0. The molecule has 0 heterocycles. The summed E-state index contributed by atoms with van der Waals surface area (Å²) in [5.41, 5.74) is 0.0205. The summed E-state index contributed by atoms with van der Waals surface area (Å²) < 4.78 is 115. The van der Waals surface area contributed by atoms with Gasteiger partial charge >= 0.3 is 31.2 Å². The Morgan fingerprint density at radius 2 is 1.37 bits per heavy atom. The predicted octanol–water partition coefficient (Wildman–Crippen LogP) is 5.84. The van der Waals surface area contributed by atoms with E-state index in [0.717, 1.165) is 37.2 Å². The standard InChI is InChI=1S/C31H52O12S3/c1-18(2)31(16-20(31)4)13-8-19(3)21-9-11-30(7)23-14-25(41-44(32,33)34)24-15-26(42-45(35,36)37)27(43-46(38,39)40)17-28(24,5)22(23)10-12-29(21,30)6/h10,18-21,23-27H,8-9,11-17H2,1-7H3,(H,32,33,34)(H,35,36,37)(H,38,39,40)/t19?,20?,21-,23-,24-,25+,26+,27+,28-,29-,30+,31?/m1/s1. The third-order valence-corrected chi connectivity index (χ3v) is 15.5. The Bertz CT molecular complexity index is 1560. The van der Waals surface area contributed by atoms with Crippen molar-refractivity contribution in [3.8, 4) is 0 Å². The summed E-state index contributed by atoms with van der Waals surface area (Å²) in [6.07, 6.45) is 4.06. The number of hydrogen-bond acceptors (Lipinski definition) is 9. The monoisotopic (exact) mass is 712 g/mol. The highest BCUT2D eigenvalue weighted by molar-refractivity contribution is 7.81. The van der Waals surface area contributed by atoms with Crippen LogP contribution in [0.4, 0.5) is 0 Å². The lowest BCUT2D eigenvalue weighted by Crippen LogP contribution is -2.60. The highest BCUT2D eigenvalue weighted by Gasteiger charge is 2.67. The van der Waals surface area contributed by atoms with Crippen LogP contribution in [0.5, 0.6) is 0 Å². The Morgan fingerprint density at radius 1 is 0.826 bits per heavy atom. The number of allylic oxidation sites excluding steroid dienone is 2. The van der Waals surface area contributed by atoms with Crippen molar-refractivity contribution in [2.24, 2.45) is 57.2 Å². The molecule has 5 aliphatic rings. The summed E-state index contributed by atoms with van der Waals surface area (Å²) in [6, 6.07) is 0. The maximum Gasteiger partial charge on any atom is 0.397 e. The molecule has 15 heteroatoms. The fraction of sp³-hybridized carbons (Fsp3) is 0.935. The van der Waals surface area contributed by atoms with Gasteiger partial charge in [-0.1, -0.05) is 60.1 Å². The normalized spacial score (nSPS) is 45.0. The smallest absolute Gasteiger partial charge is 0.264 e. The molecule has 3 unspecified atom stereocenters. The fourth-order valence-corrected chi connectivity index (χ4v) is 12.8. The van der Waals surface area contributed by atoms with E-state index < -0.39 is 60.8 Å². The molecule has 3 N–H and O–H groups in total. The molecule has 12 nitrogen and oxygen atoms in total. The minimum absolute atomic E-state index is 0.123. The van der Waals surface area contributed by atoms with Crippen molar-refractivity contribution in [3.05, 3.63) is 11.6 Å². The average molecular weight is 713 g/mol. The van der Waals surface area contributed by atoms with Crippen LogP contribution in [0.2, 0.25) is 0 Å². The molecule has 5 rings (SSSR count). The van der Waals surface area contributed by atoms with E-state index in [0.29, 0.717) is 23.2 Å². The molecule has 0 bridgehead atoms. The van der Waals surface area contributed by atoms with Crippen LogP contribution in [-0.4, -0.2) is 57.2 Å². The van der Waals surface area contributed by atoms with Crippen molar-refractivity contribution in [1.82, 2.24) is 0 Å². The van der Waals surface area contributed by atoms with Gasteiger partial charge in [0.15, 0.2) is 0 Å². The molecule has 0 aromatic rings. The predicted molar refractivity (Wildman–Crippen MR) is 169 cm³/mol. The first-order valence-corrected chi connectivity index (χ1v) is 20.6. The molecular weight excluding hydrogens is 661 g/mol. The maximum absolute atomic E-state index is 12.2. The summed E-state index contributed by atoms with van der Waals surface area (Å²) >= 11 is 0. The lowest BCUT2D eigenvalue weighted by molar-refractivity contribution is -0.122. The second-order valence-electron chi connectivity index (χ2n) is 16.3. The van der Waals surface area contributed by atoms with Crippen LogP contribution in [0, 0.1) is 57.2 Å². The van der Waals surface area contributed by atoms with Crippen LogP contribution in [0.25, 0.3) is 0 Å². The van der Waals surface area contributed by atoms with Gasteiger partial charge in [-0.05, 0) is 115 Å². The molecule has 0 radical (unpaired) electrons. The quantitative estimate of drug-likeness (QED) is 0.172. The van der Waals surface area contributed by atoms with E-state index in [-0.39, 0.29) is 36.0 Å². The molecule has 4 saturated carbocycles. The Balaban J connectivity index is 1.51. The van der Waals surface area contributed by atoms with Gasteiger partial charge in [-0.3, -0.25) is 13.7 Å². The first-order valence-electron chi connectivity index (χ1n) is 16.5. The Kier molecular flexibility index (Phi) is 9.33. The number of hydrogen-bond donors (Lipinski definition) is 3. The van der Waals surface area contributed by atoms with E-state index in [1.54, 1.807) is 0 Å². The van der Waals surface area contributed by atoms with Gasteiger partial charge in [0.2, 0.25) is 0 Å². The van der Waals surface area contributed by atoms with Crippen LogP contribution in [-0.2, 0) is 43.7 Å². The Morgan fingerprint density at radius 3 is 1.89 bits per heavy atom. The van der Waals surface area contributed by atoms with Gasteiger partial charge in [0.1, 0.15) is 12.2 Å². The van der Waals surface area contributed by atoms with Crippen molar-refractivity contribution >= 4 is 31.2 Å². The lowest BCUT2D eigenvalue weighted by atomic mass is 9.43. The van der Waals surface area contributed by atoms with Gasteiger partial charge in [0.25, 0.3) is 0 Å². The van der Waals surface area contributed by atoms with E-state index in [4.69, 9.17) is 12.5 Å². The lowest BCUT2D eigenvalue weighted by Gasteiger charge is -2.63. The van der Waals surface area contributed by atoms with Gasteiger partial charge in [0, 0.05) is 0 Å². The molecule has 46 heavy (non-hydrogen) atoms. The molecule has 0 aromatic carbocycles. The topological polar surface area (TPSA) is 191 Å². The third kappa shape index (κ3) is 6.50. The first kappa shape index (κ1) is 36.6.